The van der Waals surface area contributed by atoms with Gasteiger partial charge in [0, 0.05) is 52.3 Å². The molecule has 0 saturated carbocycles. The Morgan fingerprint density at radius 2 is 2.12 bits per heavy atom. The van der Waals surface area contributed by atoms with Crippen LogP contribution in [0.15, 0.2) is 12.3 Å². The molecule has 2 aliphatic rings. The van der Waals surface area contributed by atoms with Gasteiger partial charge in [0.05, 0.1) is 24.2 Å². The van der Waals surface area contributed by atoms with Gasteiger partial charge in [-0.25, -0.2) is 4.68 Å². The fourth-order valence-corrected chi connectivity index (χ4v) is 3.54. The first kappa shape index (κ1) is 16.4. The standard InChI is InChI=1S/C17H25N7O/c1-2-24-15(11-18-21-24)13-22-6-4-16-14(12-22)10-17(20-19-16)23-5-3-8-25-9-7-23/h10-11H,2-9,12-13H2,1H3. The van der Waals surface area contributed by atoms with Crippen LogP contribution < -0.4 is 4.90 Å². The summed E-state index contributed by atoms with van der Waals surface area (Å²) in [5.74, 6) is 0.978. The molecule has 0 aliphatic carbocycles. The number of nitrogens with zero attached hydrogens (tertiary/aromatic N) is 7. The van der Waals surface area contributed by atoms with Crippen LogP contribution in [-0.2, 0) is 30.8 Å². The van der Waals surface area contributed by atoms with Gasteiger partial charge in [-0.2, -0.15) is 5.10 Å². The van der Waals surface area contributed by atoms with Crippen LogP contribution in [-0.4, -0.2) is 62.9 Å². The number of aryl methyl sites for hydroxylation is 1. The number of ether oxygens (including phenoxy) is 1. The topological polar surface area (TPSA) is 72.2 Å². The van der Waals surface area contributed by atoms with E-state index in [1.807, 2.05) is 10.9 Å². The second-order valence-corrected chi connectivity index (χ2v) is 6.63. The number of hydrogen-bond donors (Lipinski definition) is 0. The van der Waals surface area contributed by atoms with Gasteiger partial charge >= 0.3 is 0 Å². The minimum absolute atomic E-state index is 0.763. The summed E-state index contributed by atoms with van der Waals surface area (Å²) in [6.07, 6.45) is 3.85. The number of aromatic nitrogens is 5. The van der Waals surface area contributed by atoms with E-state index in [0.29, 0.717) is 0 Å². The molecular formula is C17H25N7O. The molecule has 8 heteroatoms. The molecule has 1 saturated heterocycles. The molecule has 2 aromatic rings. The second-order valence-electron chi connectivity index (χ2n) is 6.63. The van der Waals surface area contributed by atoms with Crippen molar-refractivity contribution >= 4 is 5.82 Å². The molecule has 0 atom stereocenters. The van der Waals surface area contributed by atoms with Crippen molar-refractivity contribution < 1.29 is 4.74 Å². The third kappa shape index (κ3) is 3.64. The largest absolute Gasteiger partial charge is 0.380 e. The van der Waals surface area contributed by atoms with Crippen LogP contribution in [0, 0.1) is 0 Å². The van der Waals surface area contributed by atoms with Gasteiger partial charge in [-0.05, 0) is 25.0 Å². The Balaban J connectivity index is 1.48. The highest BCUT2D eigenvalue weighted by Crippen LogP contribution is 2.22. The predicted octanol–water partition coefficient (Wildman–Crippen LogP) is 0.873. The van der Waals surface area contributed by atoms with E-state index in [2.05, 4.69) is 43.3 Å². The van der Waals surface area contributed by atoms with Gasteiger partial charge < -0.3 is 9.64 Å². The van der Waals surface area contributed by atoms with Crippen LogP contribution in [0.5, 0.6) is 0 Å². The number of fused-ring (bicyclic) bond motifs is 1. The van der Waals surface area contributed by atoms with Crippen molar-refractivity contribution in [2.45, 2.75) is 39.4 Å². The van der Waals surface area contributed by atoms with Crippen LogP contribution in [0.1, 0.15) is 30.3 Å². The van der Waals surface area contributed by atoms with Gasteiger partial charge in [-0.15, -0.1) is 10.2 Å². The molecule has 134 valence electrons. The van der Waals surface area contributed by atoms with E-state index in [-0.39, 0.29) is 0 Å². The Morgan fingerprint density at radius 1 is 1.16 bits per heavy atom. The molecule has 8 nitrogen and oxygen atoms in total. The Morgan fingerprint density at radius 3 is 3.04 bits per heavy atom. The zero-order valence-corrected chi connectivity index (χ0v) is 14.8. The van der Waals surface area contributed by atoms with Gasteiger partial charge in [0.15, 0.2) is 5.82 Å². The van der Waals surface area contributed by atoms with E-state index < -0.39 is 0 Å². The normalized spacial score (nSPS) is 18.8. The predicted molar refractivity (Wildman–Crippen MR) is 93.2 cm³/mol. The maximum absolute atomic E-state index is 5.54. The number of rotatable bonds is 4. The number of hydrogen-bond acceptors (Lipinski definition) is 7. The highest BCUT2D eigenvalue weighted by atomic mass is 16.5. The lowest BCUT2D eigenvalue weighted by Gasteiger charge is -2.29. The molecule has 2 aliphatic heterocycles. The van der Waals surface area contributed by atoms with Crippen molar-refractivity contribution in [2.75, 3.05) is 37.7 Å². The van der Waals surface area contributed by atoms with Crippen molar-refractivity contribution in [3.63, 3.8) is 0 Å². The summed E-state index contributed by atoms with van der Waals surface area (Å²) in [7, 11) is 0. The van der Waals surface area contributed by atoms with E-state index in [1.54, 1.807) is 0 Å². The van der Waals surface area contributed by atoms with E-state index in [1.165, 1.54) is 5.56 Å². The lowest BCUT2D eigenvalue weighted by Crippen LogP contribution is -2.33. The highest BCUT2D eigenvalue weighted by Gasteiger charge is 2.21. The van der Waals surface area contributed by atoms with Crippen LogP contribution in [0.25, 0.3) is 0 Å². The first-order valence-electron chi connectivity index (χ1n) is 9.11. The molecule has 0 unspecified atom stereocenters. The first-order chi connectivity index (χ1) is 12.3. The van der Waals surface area contributed by atoms with Gasteiger partial charge in [0.1, 0.15) is 0 Å². The third-order valence-corrected chi connectivity index (χ3v) is 4.94. The summed E-state index contributed by atoms with van der Waals surface area (Å²) in [6.45, 7) is 9.18. The fraction of sp³-hybridized carbons (Fsp3) is 0.647. The van der Waals surface area contributed by atoms with Crippen LogP contribution in [0.3, 0.4) is 0 Å². The van der Waals surface area contributed by atoms with Crippen molar-refractivity contribution in [1.29, 1.82) is 0 Å². The Bertz CT molecular complexity index is 709. The van der Waals surface area contributed by atoms with Gasteiger partial charge in [-0.1, -0.05) is 5.21 Å². The molecule has 0 aromatic carbocycles. The zero-order valence-electron chi connectivity index (χ0n) is 14.8. The molecule has 4 rings (SSSR count). The monoisotopic (exact) mass is 343 g/mol. The van der Waals surface area contributed by atoms with E-state index in [4.69, 9.17) is 4.74 Å². The van der Waals surface area contributed by atoms with Crippen LogP contribution in [0.4, 0.5) is 5.82 Å². The third-order valence-electron chi connectivity index (χ3n) is 4.94. The van der Waals surface area contributed by atoms with E-state index >= 15 is 0 Å². The summed E-state index contributed by atoms with van der Waals surface area (Å²) >= 11 is 0. The minimum Gasteiger partial charge on any atom is -0.380 e. The maximum atomic E-state index is 5.54. The minimum atomic E-state index is 0.763. The Kier molecular flexibility index (Phi) is 4.89. The summed E-state index contributed by atoms with van der Waals surface area (Å²) in [5.41, 5.74) is 3.59. The quantitative estimate of drug-likeness (QED) is 0.816. The zero-order chi connectivity index (χ0) is 17.1. The molecule has 1 fully saturated rings. The maximum Gasteiger partial charge on any atom is 0.151 e. The molecule has 0 spiro atoms. The molecule has 25 heavy (non-hydrogen) atoms. The highest BCUT2D eigenvalue weighted by molar-refractivity contribution is 5.42. The first-order valence-corrected chi connectivity index (χ1v) is 9.11. The Hall–Kier alpha value is -2.06. The molecule has 0 radical (unpaired) electrons. The summed E-state index contributed by atoms with van der Waals surface area (Å²) in [5, 5.41) is 17.1. The van der Waals surface area contributed by atoms with Gasteiger partial charge in [0.2, 0.25) is 0 Å². The average Bonchev–Trinajstić information content (AvgIpc) is 2.91. The molecular weight excluding hydrogens is 318 g/mol. The molecule has 4 heterocycles. The van der Waals surface area contributed by atoms with E-state index in [9.17, 15) is 0 Å². The Labute approximate surface area is 147 Å². The van der Waals surface area contributed by atoms with Gasteiger partial charge in [-0.3, -0.25) is 4.90 Å². The fourth-order valence-electron chi connectivity index (χ4n) is 3.54. The second kappa shape index (κ2) is 7.45. The summed E-state index contributed by atoms with van der Waals surface area (Å²) in [6, 6.07) is 2.22. The lowest BCUT2D eigenvalue weighted by molar-refractivity contribution is 0.152. The van der Waals surface area contributed by atoms with Crippen LogP contribution in [0.2, 0.25) is 0 Å². The molecule has 0 amide bonds. The SMILES string of the molecule is CCn1nncc1CN1CCc2nnc(N3CCCOCC3)cc2C1. The van der Waals surface area contributed by atoms with Crippen molar-refractivity contribution in [2.24, 2.45) is 0 Å². The smallest absolute Gasteiger partial charge is 0.151 e. The van der Waals surface area contributed by atoms with E-state index in [0.717, 1.165) is 82.5 Å². The van der Waals surface area contributed by atoms with Crippen LogP contribution >= 0.6 is 0 Å². The average molecular weight is 343 g/mol. The van der Waals surface area contributed by atoms with Crippen molar-refractivity contribution in [1.82, 2.24) is 30.1 Å². The lowest BCUT2D eigenvalue weighted by atomic mass is 10.1. The number of anilines is 1. The summed E-state index contributed by atoms with van der Waals surface area (Å²) < 4.78 is 7.51. The summed E-state index contributed by atoms with van der Waals surface area (Å²) in [4.78, 5) is 4.72. The molecule has 0 N–H and O–H groups in total. The van der Waals surface area contributed by atoms with Gasteiger partial charge in [0.25, 0.3) is 0 Å². The molecule has 2 aromatic heterocycles. The van der Waals surface area contributed by atoms with Crippen molar-refractivity contribution in [3.05, 3.63) is 29.2 Å². The van der Waals surface area contributed by atoms with Crippen molar-refractivity contribution in [3.8, 4) is 0 Å². The molecule has 0 bridgehead atoms.